The fraction of sp³-hybridized carbons (Fsp3) is 0.400. The summed E-state index contributed by atoms with van der Waals surface area (Å²) in [6.07, 6.45) is 2.15. The van der Waals surface area contributed by atoms with Crippen LogP contribution in [0.4, 0.5) is 5.82 Å². The average Bonchev–Trinajstić information content (AvgIpc) is 2.36. The molecule has 1 heterocycles. The van der Waals surface area contributed by atoms with Gasteiger partial charge < -0.3 is 5.32 Å². The summed E-state index contributed by atoms with van der Waals surface area (Å²) in [5.41, 5.74) is 3.24. The number of rotatable bonds is 4. The molecule has 0 amide bonds. The Kier molecular flexibility index (Phi) is 4.07. The molecule has 0 fully saturated rings. The second kappa shape index (κ2) is 5.57. The molecule has 0 radical (unpaired) electrons. The Hall–Kier alpha value is -1.28. The third kappa shape index (κ3) is 2.44. The molecule has 0 aliphatic rings. The minimum absolute atomic E-state index is 0.759. The van der Waals surface area contributed by atoms with Crippen molar-refractivity contribution in [2.24, 2.45) is 0 Å². The summed E-state index contributed by atoms with van der Waals surface area (Å²) in [5.74, 6) is 0.972. The van der Waals surface area contributed by atoms with Gasteiger partial charge in [-0.1, -0.05) is 37.1 Å². The molecule has 0 saturated carbocycles. The molecule has 0 atom stereocenters. The number of aromatic nitrogens is 1. The van der Waals surface area contributed by atoms with Crippen LogP contribution in [-0.2, 0) is 6.42 Å². The molecule has 3 heteroatoms. The maximum Gasteiger partial charge on any atom is 0.129 e. The van der Waals surface area contributed by atoms with E-state index in [4.69, 9.17) is 16.6 Å². The molecular weight excluding hydrogens is 244 g/mol. The van der Waals surface area contributed by atoms with E-state index in [9.17, 15) is 0 Å². The number of pyridine rings is 1. The maximum atomic E-state index is 6.34. The van der Waals surface area contributed by atoms with Crippen molar-refractivity contribution in [1.29, 1.82) is 0 Å². The first-order chi connectivity index (χ1) is 8.67. The second-order valence-electron chi connectivity index (χ2n) is 4.54. The molecule has 2 rings (SSSR count). The number of aryl methyl sites for hydroxylation is 2. The molecule has 0 unspecified atom stereocenters. The van der Waals surface area contributed by atoms with Gasteiger partial charge >= 0.3 is 0 Å². The van der Waals surface area contributed by atoms with Crippen molar-refractivity contribution < 1.29 is 0 Å². The Labute approximate surface area is 113 Å². The largest absolute Gasteiger partial charge is 0.370 e. The lowest BCUT2D eigenvalue weighted by Crippen LogP contribution is -2.04. The highest BCUT2D eigenvalue weighted by Crippen LogP contribution is 2.29. The van der Waals surface area contributed by atoms with Gasteiger partial charge in [0.2, 0.25) is 0 Å². The molecule has 1 aromatic heterocycles. The molecule has 1 N–H and O–H groups in total. The van der Waals surface area contributed by atoms with E-state index < -0.39 is 0 Å². The highest BCUT2D eigenvalue weighted by Gasteiger charge is 2.09. The summed E-state index contributed by atoms with van der Waals surface area (Å²) in [6, 6.07) is 6.35. The van der Waals surface area contributed by atoms with Crippen LogP contribution in [0.3, 0.4) is 0 Å². The van der Waals surface area contributed by atoms with Gasteiger partial charge in [-0.2, -0.15) is 0 Å². The number of halogens is 1. The number of nitrogens with zero attached hydrogens (tertiary/aromatic N) is 1. The average molecular weight is 263 g/mol. The van der Waals surface area contributed by atoms with Crippen LogP contribution in [0.25, 0.3) is 10.9 Å². The molecule has 0 saturated heterocycles. The van der Waals surface area contributed by atoms with Crippen molar-refractivity contribution >= 4 is 28.3 Å². The lowest BCUT2D eigenvalue weighted by molar-refractivity contribution is 0.916. The van der Waals surface area contributed by atoms with E-state index in [1.807, 2.05) is 6.92 Å². The highest BCUT2D eigenvalue weighted by atomic mass is 35.5. The van der Waals surface area contributed by atoms with E-state index >= 15 is 0 Å². The second-order valence-corrected chi connectivity index (χ2v) is 4.92. The van der Waals surface area contributed by atoms with E-state index in [2.05, 4.69) is 37.4 Å². The molecule has 1 aromatic carbocycles. The summed E-state index contributed by atoms with van der Waals surface area (Å²) in [7, 11) is 0. The molecule has 0 aliphatic heterocycles. The van der Waals surface area contributed by atoms with Crippen LogP contribution in [0.15, 0.2) is 18.2 Å². The van der Waals surface area contributed by atoms with Crippen LogP contribution in [0.5, 0.6) is 0 Å². The van der Waals surface area contributed by atoms with Crippen LogP contribution >= 0.6 is 11.6 Å². The molecule has 2 aromatic rings. The van der Waals surface area contributed by atoms with Crippen LogP contribution in [0, 0.1) is 6.92 Å². The predicted octanol–water partition coefficient (Wildman–Crippen LogP) is 4.58. The number of benzene rings is 1. The third-order valence-corrected chi connectivity index (χ3v) is 3.54. The van der Waals surface area contributed by atoms with Crippen molar-refractivity contribution in [2.45, 2.75) is 33.6 Å². The Morgan fingerprint density at radius 2 is 2.06 bits per heavy atom. The van der Waals surface area contributed by atoms with E-state index in [0.717, 1.165) is 46.7 Å². The summed E-state index contributed by atoms with van der Waals surface area (Å²) in [5, 5.41) is 5.21. The van der Waals surface area contributed by atoms with Gasteiger partial charge in [-0.3, -0.25) is 0 Å². The van der Waals surface area contributed by atoms with Gasteiger partial charge in [0.25, 0.3) is 0 Å². The van der Waals surface area contributed by atoms with Crippen molar-refractivity contribution in [3.8, 4) is 0 Å². The first-order valence-corrected chi connectivity index (χ1v) is 6.87. The van der Waals surface area contributed by atoms with E-state index in [1.54, 1.807) is 0 Å². The Morgan fingerprint density at radius 3 is 2.72 bits per heavy atom. The fourth-order valence-electron chi connectivity index (χ4n) is 2.13. The monoisotopic (exact) mass is 262 g/mol. The van der Waals surface area contributed by atoms with E-state index in [1.165, 1.54) is 5.56 Å². The summed E-state index contributed by atoms with van der Waals surface area (Å²) in [6.45, 7) is 7.15. The van der Waals surface area contributed by atoms with Gasteiger partial charge in [0.1, 0.15) is 5.82 Å². The van der Waals surface area contributed by atoms with Crippen LogP contribution in [0.1, 0.15) is 31.4 Å². The normalized spacial score (nSPS) is 10.9. The van der Waals surface area contributed by atoms with Gasteiger partial charge in [0, 0.05) is 11.9 Å². The van der Waals surface area contributed by atoms with Gasteiger partial charge in [-0.15, -0.1) is 0 Å². The van der Waals surface area contributed by atoms with Crippen LogP contribution in [0.2, 0.25) is 5.02 Å². The van der Waals surface area contributed by atoms with E-state index in [0.29, 0.717) is 0 Å². The fourth-order valence-corrected chi connectivity index (χ4v) is 2.34. The molecule has 0 aliphatic carbocycles. The summed E-state index contributed by atoms with van der Waals surface area (Å²) >= 11 is 6.34. The van der Waals surface area contributed by atoms with Crippen molar-refractivity contribution in [1.82, 2.24) is 4.98 Å². The minimum Gasteiger partial charge on any atom is -0.370 e. The Morgan fingerprint density at radius 1 is 1.28 bits per heavy atom. The summed E-state index contributed by atoms with van der Waals surface area (Å²) in [4.78, 5) is 4.70. The van der Waals surface area contributed by atoms with E-state index in [-0.39, 0.29) is 0 Å². The molecule has 0 bridgehead atoms. The zero-order valence-electron chi connectivity index (χ0n) is 11.2. The molecule has 18 heavy (non-hydrogen) atoms. The number of hydrogen-bond acceptors (Lipinski definition) is 2. The third-order valence-electron chi connectivity index (χ3n) is 3.06. The first-order valence-electron chi connectivity index (χ1n) is 6.50. The number of anilines is 1. The predicted molar refractivity (Wildman–Crippen MR) is 79.6 cm³/mol. The topological polar surface area (TPSA) is 24.9 Å². The van der Waals surface area contributed by atoms with Crippen molar-refractivity contribution in [3.63, 3.8) is 0 Å². The van der Waals surface area contributed by atoms with Gasteiger partial charge in [-0.25, -0.2) is 4.98 Å². The standard InChI is InChI=1S/C15H19ClN2/c1-4-6-12-9-11-8-7-10(3)13(16)14(11)18-15(12)17-5-2/h7-9H,4-6H2,1-3H3,(H,17,18). The highest BCUT2D eigenvalue weighted by molar-refractivity contribution is 6.35. The zero-order valence-corrected chi connectivity index (χ0v) is 11.9. The molecular formula is C15H19ClN2. The van der Waals surface area contributed by atoms with Gasteiger partial charge in [0.05, 0.1) is 10.5 Å². The van der Waals surface area contributed by atoms with Gasteiger partial charge in [-0.05, 0) is 37.5 Å². The minimum atomic E-state index is 0.759. The lowest BCUT2D eigenvalue weighted by atomic mass is 10.1. The smallest absolute Gasteiger partial charge is 0.129 e. The SMILES string of the molecule is CCCc1cc2ccc(C)c(Cl)c2nc1NCC. The Bertz CT molecular complexity index is 564. The van der Waals surface area contributed by atoms with Gasteiger partial charge in [0.15, 0.2) is 0 Å². The first kappa shape index (κ1) is 13.2. The zero-order chi connectivity index (χ0) is 13.1. The summed E-state index contributed by atoms with van der Waals surface area (Å²) < 4.78 is 0. The maximum absolute atomic E-state index is 6.34. The van der Waals surface area contributed by atoms with Crippen molar-refractivity contribution in [3.05, 3.63) is 34.3 Å². The molecule has 96 valence electrons. The molecule has 2 nitrogen and oxygen atoms in total. The molecule has 0 spiro atoms. The number of hydrogen-bond donors (Lipinski definition) is 1. The quantitative estimate of drug-likeness (QED) is 0.872. The lowest BCUT2D eigenvalue weighted by Gasteiger charge is -2.12. The van der Waals surface area contributed by atoms with Crippen molar-refractivity contribution in [2.75, 3.05) is 11.9 Å². The number of nitrogens with one attached hydrogen (secondary N) is 1. The Balaban J connectivity index is 2.64. The van der Waals surface area contributed by atoms with Crippen LogP contribution in [-0.4, -0.2) is 11.5 Å². The van der Waals surface area contributed by atoms with Crippen LogP contribution < -0.4 is 5.32 Å². The number of fused-ring (bicyclic) bond motifs is 1.